The van der Waals surface area contributed by atoms with Crippen LogP contribution in [0.25, 0.3) is 0 Å². The van der Waals surface area contributed by atoms with Gasteiger partial charge in [-0.3, -0.25) is 4.79 Å². The molecule has 19 heavy (non-hydrogen) atoms. The summed E-state index contributed by atoms with van der Waals surface area (Å²) in [5, 5.41) is 12.3. The van der Waals surface area contributed by atoms with Crippen molar-refractivity contribution in [3.05, 3.63) is 29.3 Å². The molecule has 4 atom stereocenters. The van der Waals surface area contributed by atoms with E-state index < -0.39 is 0 Å². The maximum atomic E-state index is 12.2. The van der Waals surface area contributed by atoms with E-state index in [1.54, 1.807) is 19.1 Å². The monoisotopic (exact) mass is 262 g/mol. The van der Waals surface area contributed by atoms with Crippen LogP contribution in [0.3, 0.4) is 0 Å². The van der Waals surface area contributed by atoms with Gasteiger partial charge in [-0.1, -0.05) is 0 Å². The molecule has 0 spiro atoms. The molecule has 1 aliphatic heterocycles. The van der Waals surface area contributed by atoms with Gasteiger partial charge in [0.15, 0.2) is 0 Å². The molecule has 1 saturated heterocycles. The molecule has 4 unspecified atom stereocenters. The lowest BCUT2D eigenvalue weighted by atomic mass is 9.72. The molecule has 4 N–H and O–H groups in total. The zero-order valence-corrected chi connectivity index (χ0v) is 10.8. The first-order valence-electron chi connectivity index (χ1n) is 6.55. The van der Waals surface area contributed by atoms with Crippen molar-refractivity contribution >= 4 is 5.91 Å². The van der Waals surface area contributed by atoms with E-state index in [0.717, 1.165) is 18.6 Å². The molecule has 0 radical (unpaired) electrons. The number of nitrogens with one attached hydrogen (secondary N) is 1. The maximum Gasteiger partial charge on any atom is 0.251 e. The third kappa shape index (κ3) is 1.99. The smallest absolute Gasteiger partial charge is 0.251 e. The lowest BCUT2D eigenvalue weighted by molar-refractivity contribution is -0.0161. The van der Waals surface area contributed by atoms with E-state index in [1.165, 1.54) is 6.07 Å². The molecule has 1 heterocycles. The van der Waals surface area contributed by atoms with Gasteiger partial charge in [0.05, 0.1) is 12.1 Å². The van der Waals surface area contributed by atoms with Crippen molar-refractivity contribution in [2.24, 2.45) is 11.7 Å². The Balaban J connectivity index is 1.71. The summed E-state index contributed by atoms with van der Waals surface area (Å²) in [5.41, 5.74) is 7.37. The number of carbonyl (C=O) groups is 1. The summed E-state index contributed by atoms with van der Waals surface area (Å²) in [6.45, 7) is 2.53. The summed E-state index contributed by atoms with van der Waals surface area (Å²) in [6.07, 6.45) is 1.05. The molecule has 5 heteroatoms. The highest BCUT2D eigenvalue weighted by Gasteiger charge is 2.52. The number of benzene rings is 1. The molecule has 2 aliphatic rings. The zero-order valence-electron chi connectivity index (χ0n) is 10.8. The van der Waals surface area contributed by atoms with Gasteiger partial charge >= 0.3 is 0 Å². The average molecular weight is 262 g/mol. The van der Waals surface area contributed by atoms with Gasteiger partial charge < -0.3 is 20.9 Å². The zero-order chi connectivity index (χ0) is 13.6. The standard InChI is InChI=1S/C14H18N2O3/c1-7-6-8(17)2-3-9(7)14(18)16-12-11(15)10-4-5-19-13(10)12/h2-3,6,10-13,17H,4-5,15H2,1H3,(H,16,18). The Bertz CT molecular complexity index is 517. The normalized spacial score (nSPS) is 32.5. The number of rotatable bonds is 2. The number of aromatic hydroxyl groups is 1. The quantitative estimate of drug-likeness (QED) is 0.726. The van der Waals surface area contributed by atoms with Crippen LogP contribution < -0.4 is 11.1 Å². The number of hydrogen-bond donors (Lipinski definition) is 3. The van der Waals surface area contributed by atoms with Crippen molar-refractivity contribution in [1.82, 2.24) is 5.32 Å². The van der Waals surface area contributed by atoms with Gasteiger partial charge in [0, 0.05) is 24.1 Å². The number of phenols is 1. The van der Waals surface area contributed by atoms with Gasteiger partial charge in [-0.05, 0) is 37.1 Å². The molecular formula is C14H18N2O3. The summed E-state index contributed by atoms with van der Waals surface area (Å²) in [6, 6.07) is 4.58. The third-order valence-corrected chi connectivity index (χ3v) is 4.20. The Morgan fingerprint density at radius 3 is 3.05 bits per heavy atom. The topological polar surface area (TPSA) is 84.6 Å². The third-order valence-electron chi connectivity index (χ3n) is 4.20. The Hall–Kier alpha value is -1.59. The van der Waals surface area contributed by atoms with Gasteiger partial charge in [0.2, 0.25) is 0 Å². The van der Waals surface area contributed by atoms with Crippen LogP contribution >= 0.6 is 0 Å². The van der Waals surface area contributed by atoms with Gasteiger partial charge in [-0.25, -0.2) is 0 Å². The second-order valence-electron chi connectivity index (χ2n) is 5.36. The number of phenolic OH excluding ortho intramolecular Hbond substituents is 1. The summed E-state index contributed by atoms with van der Waals surface area (Å²) in [5.74, 6) is 0.381. The van der Waals surface area contributed by atoms with E-state index in [0.29, 0.717) is 11.5 Å². The number of amides is 1. The minimum Gasteiger partial charge on any atom is -0.508 e. The van der Waals surface area contributed by atoms with Crippen LogP contribution in [0.4, 0.5) is 0 Å². The number of ether oxygens (including phenoxy) is 1. The predicted octanol–water partition coefficient (Wildman–Crippen LogP) is 0.545. The van der Waals surface area contributed by atoms with Crippen molar-refractivity contribution in [3.63, 3.8) is 0 Å². The van der Waals surface area contributed by atoms with E-state index >= 15 is 0 Å². The lowest BCUT2D eigenvalue weighted by Gasteiger charge is -2.45. The molecule has 1 amide bonds. The fourth-order valence-electron chi connectivity index (χ4n) is 3.06. The van der Waals surface area contributed by atoms with Crippen LogP contribution in [0.5, 0.6) is 5.75 Å². The van der Waals surface area contributed by atoms with Crippen LogP contribution in [0.15, 0.2) is 18.2 Å². The SMILES string of the molecule is Cc1cc(O)ccc1C(=O)NC1C(N)C2CCOC21. The molecular weight excluding hydrogens is 244 g/mol. The first-order chi connectivity index (χ1) is 9.08. The van der Waals surface area contributed by atoms with Crippen LogP contribution in [0.2, 0.25) is 0 Å². The second kappa shape index (κ2) is 4.51. The van der Waals surface area contributed by atoms with Crippen LogP contribution in [-0.4, -0.2) is 35.8 Å². The van der Waals surface area contributed by atoms with E-state index in [4.69, 9.17) is 10.5 Å². The van der Waals surface area contributed by atoms with Gasteiger partial charge in [-0.15, -0.1) is 0 Å². The molecule has 0 bridgehead atoms. The van der Waals surface area contributed by atoms with Crippen LogP contribution in [-0.2, 0) is 4.74 Å². The largest absolute Gasteiger partial charge is 0.508 e. The molecule has 1 aromatic carbocycles. The van der Waals surface area contributed by atoms with Crippen LogP contribution in [0.1, 0.15) is 22.3 Å². The van der Waals surface area contributed by atoms with E-state index in [9.17, 15) is 9.90 Å². The Morgan fingerprint density at radius 1 is 1.53 bits per heavy atom. The summed E-state index contributed by atoms with van der Waals surface area (Å²) in [4.78, 5) is 12.2. The molecule has 1 aromatic rings. The molecule has 2 fully saturated rings. The number of carbonyl (C=O) groups excluding carboxylic acids is 1. The predicted molar refractivity (Wildman–Crippen MR) is 69.9 cm³/mol. The highest BCUT2D eigenvalue weighted by molar-refractivity contribution is 5.96. The van der Waals surface area contributed by atoms with Crippen molar-refractivity contribution in [3.8, 4) is 5.75 Å². The van der Waals surface area contributed by atoms with Crippen LogP contribution in [0, 0.1) is 12.8 Å². The Kier molecular flexibility index (Phi) is 2.95. The summed E-state index contributed by atoms with van der Waals surface area (Å²) in [7, 11) is 0. The van der Waals surface area contributed by atoms with Crippen molar-refractivity contribution in [2.75, 3.05) is 6.61 Å². The lowest BCUT2D eigenvalue weighted by Crippen LogP contribution is -2.69. The molecule has 1 aliphatic carbocycles. The van der Waals surface area contributed by atoms with Crippen molar-refractivity contribution < 1.29 is 14.6 Å². The fraction of sp³-hybridized carbons (Fsp3) is 0.500. The van der Waals surface area contributed by atoms with Crippen molar-refractivity contribution in [1.29, 1.82) is 0 Å². The minimum absolute atomic E-state index is 0.0196. The van der Waals surface area contributed by atoms with E-state index in [-0.39, 0.29) is 29.8 Å². The Morgan fingerprint density at radius 2 is 2.32 bits per heavy atom. The van der Waals surface area contributed by atoms with E-state index in [1.807, 2.05) is 0 Å². The molecule has 102 valence electrons. The van der Waals surface area contributed by atoms with Gasteiger partial charge in [0.1, 0.15) is 5.75 Å². The first kappa shape index (κ1) is 12.4. The number of fused-ring (bicyclic) bond motifs is 1. The highest BCUT2D eigenvalue weighted by Crippen LogP contribution is 2.37. The fourth-order valence-corrected chi connectivity index (χ4v) is 3.06. The van der Waals surface area contributed by atoms with Gasteiger partial charge in [0.25, 0.3) is 5.91 Å². The number of nitrogens with two attached hydrogens (primary N) is 1. The molecule has 0 aromatic heterocycles. The first-order valence-corrected chi connectivity index (χ1v) is 6.55. The average Bonchev–Trinajstić information content (AvgIpc) is 2.80. The van der Waals surface area contributed by atoms with Gasteiger partial charge in [-0.2, -0.15) is 0 Å². The van der Waals surface area contributed by atoms with Crippen molar-refractivity contribution in [2.45, 2.75) is 31.5 Å². The molecule has 3 rings (SSSR count). The molecule has 5 nitrogen and oxygen atoms in total. The molecule has 1 saturated carbocycles. The minimum atomic E-state index is -0.160. The summed E-state index contributed by atoms with van der Waals surface area (Å²) < 4.78 is 5.59. The maximum absolute atomic E-state index is 12.2. The Labute approximate surface area is 111 Å². The number of hydrogen-bond acceptors (Lipinski definition) is 4. The highest BCUT2D eigenvalue weighted by atomic mass is 16.5. The summed E-state index contributed by atoms with van der Waals surface area (Å²) >= 11 is 0. The number of aryl methyl sites for hydroxylation is 1. The second-order valence-corrected chi connectivity index (χ2v) is 5.36. The van der Waals surface area contributed by atoms with E-state index in [2.05, 4.69) is 5.32 Å².